The molecule has 0 N–H and O–H groups in total. The third kappa shape index (κ3) is 2.08. The van der Waals surface area contributed by atoms with Gasteiger partial charge in [-0.15, -0.1) is 0 Å². The van der Waals surface area contributed by atoms with Gasteiger partial charge in [-0.1, -0.05) is 0 Å². The smallest absolute Gasteiger partial charge is 0.336 e. The molecule has 0 bridgehead atoms. The normalized spacial score (nSPS) is 11.0. The minimum absolute atomic E-state index is 0.133. The first-order valence-electron chi connectivity index (χ1n) is 5.27. The molecule has 2 aromatic rings. The highest BCUT2D eigenvalue weighted by molar-refractivity contribution is 5.81. The molecule has 0 fully saturated rings. The van der Waals surface area contributed by atoms with Crippen LogP contribution in [-0.4, -0.2) is 6.10 Å². The van der Waals surface area contributed by atoms with Crippen molar-refractivity contribution in [1.82, 2.24) is 0 Å². The molecule has 16 heavy (non-hydrogen) atoms. The van der Waals surface area contributed by atoms with E-state index in [0.717, 1.165) is 16.7 Å². The average molecular weight is 218 g/mol. The van der Waals surface area contributed by atoms with Crippen molar-refractivity contribution < 1.29 is 9.15 Å². The predicted octanol–water partition coefficient (Wildman–Crippen LogP) is 2.89. The highest BCUT2D eigenvalue weighted by Gasteiger charge is 2.04. The summed E-state index contributed by atoms with van der Waals surface area (Å²) in [4.78, 5) is 11.2. The first kappa shape index (κ1) is 10.7. The zero-order valence-electron chi connectivity index (χ0n) is 9.61. The summed E-state index contributed by atoms with van der Waals surface area (Å²) in [6, 6.07) is 6.96. The lowest BCUT2D eigenvalue weighted by Gasteiger charge is -2.10. The second-order valence-corrected chi connectivity index (χ2v) is 4.07. The molecule has 0 saturated heterocycles. The fraction of sp³-hybridized carbons (Fsp3) is 0.308. The summed E-state index contributed by atoms with van der Waals surface area (Å²) in [6.07, 6.45) is 0.133. The van der Waals surface area contributed by atoms with Crippen molar-refractivity contribution in [1.29, 1.82) is 0 Å². The van der Waals surface area contributed by atoms with E-state index in [1.165, 1.54) is 6.07 Å². The second kappa shape index (κ2) is 4.00. The number of hydrogen-bond acceptors (Lipinski definition) is 3. The number of aryl methyl sites for hydroxylation is 1. The zero-order valence-corrected chi connectivity index (χ0v) is 9.61. The van der Waals surface area contributed by atoms with Gasteiger partial charge in [-0.05, 0) is 44.5 Å². The molecule has 0 atom stereocenters. The molecule has 84 valence electrons. The standard InChI is InChI=1S/C13H14O3/c1-8(2)15-10-4-5-12-11(7-10)9(3)6-13(14)16-12/h4-8H,1-3H3. The highest BCUT2D eigenvalue weighted by atomic mass is 16.5. The summed E-state index contributed by atoms with van der Waals surface area (Å²) in [7, 11) is 0. The van der Waals surface area contributed by atoms with E-state index in [4.69, 9.17) is 9.15 Å². The lowest BCUT2D eigenvalue weighted by atomic mass is 10.1. The summed E-state index contributed by atoms with van der Waals surface area (Å²) >= 11 is 0. The minimum atomic E-state index is -0.317. The lowest BCUT2D eigenvalue weighted by Crippen LogP contribution is -2.05. The number of rotatable bonds is 2. The van der Waals surface area contributed by atoms with Crippen LogP contribution in [0.2, 0.25) is 0 Å². The van der Waals surface area contributed by atoms with Gasteiger partial charge in [-0.2, -0.15) is 0 Å². The first-order chi connectivity index (χ1) is 7.56. The van der Waals surface area contributed by atoms with Gasteiger partial charge in [0, 0.05) is 11.5 Å². The van der Waals surface area contributed by atoms with Gasteiger partial charge in [0.2, 0.25) is 0 Å². The molecular formula is C13H14O3. The van der Waals surface area contributed by atoms with E-state index in [1.807, 2.05) is 32.9 Å². The predicted molar refractivity (Wildman–Crippen MR) is 63.0 cm³/mol. The Morgan fingerprint density at radius 3 is 2.69 bits per heavy atom. The van der Waals surface area contributed by atoms with Gasteiger partial charge in [-0.25, -0.2) is 4.79 Å². The summed E-state index contributed by atoms with van der Waals surface area (Å²) in [6.45, 7) is 5.84. The van der Waals surface area contributed by atoms with Crippen LogP contribution in [-0.2, 0) is 0 Å². The number of hydrogen-bond donors (Lipinski definition) is 0. The third-order valence-corrected chi connectivity index (χ3v) is 2.29. The van der Waals surface area contributed by atoms with Crippen LogP contribution >= 0.6 is 0 Å². The van der Waals surface area contributed by atoms with Crippen molar-refractivity contribution in [2.75, 3.05) is 0 Å². The molecule has 0 aliphatic heterocycles. The maximum Gasteiger partial charge on any atom is 0.336 e. The number of ether oxygens (including phenoxy) is 1. The van der Waals surface area contributed by atoms with Crippen molar-refractivity contribution in [3.8, 4) is 5.75 Å². The van der Waals surface area contributed by atoms with Gasteiger partial charge in [0.05, 0.1) is 6.10 Å². The van der Waals surface area contributed by atoms with Gasteiger partial charge < -0.3 is 9.15 Å². The SMILES string of the molecule is Cc1cc(=O)oc2ccc(OC(C)C)cc12. The Kier molecular flexibility index (Phi) is 2.69. The molecule has 0 spiro atoms. The maximum absolute atomic E-state index is 11.2. The van der Waals surface area contributed by atoms with Crippen molar-refractivity contribution in [3.63, 3.8) is 0 Å². The fourth-order valence-electron chi connectivity index (χ4n) is 1.64. The molecule has 0 amide bonds. The van der Waals surface area contributed by atoms with Crippen molar-refractivity contribution in [3.05, 3.63) is 40.2 Å². The van der Waals surface area contributed by atoms with Crippen LogP contribution in [0.15, 0.2) is 33.5 Å². The molecule has 0 radical (unpaired) electrons. The van der Waals surface area contributed by atoms with E-state index in [2.05, 4.69) is 0 Å². The van der Waals surface area contributed by atoms with Gasteiger partial charge >= 0.3 is 5.63 Å². The van der Waals surface area contributed by atoms with E-state index in [1.54, 1.807) is 6.07 Å². The van der Waals surface area contributed by atoms with E-state index < -0.39 is 0 Å². The van der Waals surface area contributed by atoms with Crippen molar-refractivity contribution in [2.24, 2.45) is 0 Å². The van der Waals surface area contributed by atoms with E-state index in [-0.39, 0.29) is 11.7 Å². The van der Waals surface area contributed by atoms with E-state index in [9.17, 15) is 4.79 Å². The molecule has 3 nitrogen and oxygen atoms in total. The summed E-state index contributed by atoms with van der Waals surface area (Å²) < 4.78 is 10.7. The van der Waals surface area contributed by atoms with Gasteiger partial charge in [0.25, 0.3) is 0 Å². The van der Waals surface area contributed by atoms with Crippen LogP contribution in [0.1, 0.15) is 19.4 Å². The van der Waals surface area contributed by atoms with Crippen LogP contribution in [0, 0.1) is 6.92 Å². The molecule has 1 aromatic carbocycles. The monoisotopic (exact) mass is 218 g/mol. The van der Waals surface area contributed by atoms with Gasteiger partial charge in [0.15, 0.2) is 0 Å². The lowest BCUT2D eigenvalue weighted by molar-refractivity contribution is 0.242. The molecule has 2 rings (SSSR count). The number of benzene rings is 1. The Hall–Kier alpha value is -1.77. The molecule has 0 saturated carbocycles. The van der Waals surface area contributed by atoms with Crippen LogP contribution in [0.3, 0.4) is 0 Å². The number of fused-ring (bicyclic) bond motifs is 1. The molecular weight excluding hydrogens is 204 g/mol. The van der Waals surface area contributed by atoms with Crippen molar-refractivity contribution >= 4 is 11.0 Å². The van der Waals surface area contributed by atoms with Crippen LogP contribution in [0.4, 0.5) is 0 Å². The van der Waals surface area contributed by atoms with Gasteiger partial charge in [-0.3, -0.25) is 0 Å². The Morgan fingerprint density at radius 1 is 1.25 bits per heavy atom. The summed E-state index contributed by atoms with van der Waals surface area (Å²) in [5.74, 6) is 0.791. The van der Waals surface area contributed by atoms with Gasteiger partial charge in [0.1, 0.15) is 11.3 Å². The topological polar surface area (TPSA) is 39.4 Å². The van der Waals surface area contributed by atoms with Crippen LogP contribution in [0.5, 0.6) is 5.75 Å². The highest BCUT2D eigenvalue weighted by Crippen LogP contribution is 2.23. The molecule has 0 aliphatic rings. The Bertz CT molecular complexity index is 567. The molecule has 0 unspecified atom stereocenters. The Morgan fingerprint density at radius 2 is 2.00 bits per heavy atom. The molecule has 1 heterocycles. The largest absolute Gasteiger partial charge is 0.491 e. The molecule has 1 aromatic heterocycles. The molecule has 3 heteroatoms. The fourth-order valence-corrected chi connectivity index (χ4v) is 1.64. The van der Waals surface area contributed by atoms with E-state index >= 15 is 0 Å². The maximum atomic E-state index is 11.2. The van der Waals surface area contributed by atoms with E-state index in [0.29, 0.717) is 5.58 Å². The quantitative estimate of drug-likeness (QED) is 0.727. The molecule has 0 aliphatic carbocycles. The Balaban J connectivity index is 2.57. The summed E-state index contributed by atoms with van der Waals surface area (Å²) in [5, 5.41) is 0.915. The third-order valence-electron chi connectivity index (χ3n) is 2.29. The van der Waals surface area contributed by atoms with Crippen LogP contribution < -0.4 is 10.4 Å². The summed E-state index contributed by atoms with van der Waals surface area (Å²) in [5.41, 5.74) is 1.18. The first-order valence-corrected chi connectivity index (χ1v) is 5.27. The van der Waals surface area contributed by atoms with Crippen LogP contribution in [0.25, 0.3) is 11.0 Å². The Labute approximate surface area is 93.7 Å². The minimum Gasteiger partial charge on any atom is -0.491 e. The van der Waals surface area contributed by atoms with Crippen molar-refractivity contribution in [2.45, 2.75) is 26.9 Å². The zero-order chi connectivity index (χ0) is 11.7. The second-order valence-electron chi connectivity index (χ2n) is 4.07. The average Bonchev–Trinajstić information content (AvgIpc) is 2.18.